The first-order valence-electron chi connectivity index (χ1n) is 13.1. The monoisotopic (exact) mass is 570 g/mol. The molecule has 0 unspecified atom stereocenters. The molecule has 2 heterocycles. The van der Waals surface area contributed by atoms with Gasteiger partial charge in [-0.2, -0.15) is 31.1 Å². The van der Waals surface area contributed by atoms with Crippen LogP contribution >= 0.6 is 0 Å². The van der Waals surface area contributed by atoms with E-state index in [1.165, 1.54) is 29.9 Å². The zero-order valence-electron chi connectivity index (χ0n) is 22.0. The minimum Gasteiger partial charge on any atom is -0.371 e. The summed E-state index contributed by atoms with van der Waals surface area (Å²) in [6.07, 6.45) is -6.06. The number of halogens is 7. The second kappa shape index (κ2) is 10.5. The van der Waals surface area contributed by atoms with Crippen LogP contribution in [0.4, 0.5) is 42.4 Å². The van der Waals surface area contributed by atoms with Crippen LogP contribution in [0.5, 0.6) is 0 Å². The van der Waals surface area contributed by atoms with Crippen LogP contribution in [0.2, 0.25) is 0 Å². The van der Waals surface area contributed by atoms with Crippen molar-refractivity contribution in [2.24, 2.45) is 13.0 Å². The summed E-state index contributed by atoms with van der Waals surface area (Å²) < 4.78 is 96.3. The van der Waals surface area contributed by atoms with E-state index in [1.807, 2.05) is 4.90 Å². The number of benzene rings is 2. The molecule has 1 aliphatic heterocycles. The Morgan fingerprint density at radius 3 is 2.27 bits per heavy atom. The SMILES string of the molecule is Cc1cc2c(cc1C(F)(F)F)N(CC1CC1)CCC[C@@H]2N(Cc1cc(CF)cc(C(F)(F)F)c1)c1nnn(C)n1. The fraction of sp³-hybridized carbons (Fsp3) is 0.519. The van der Waals surface area contributed by atoms with Crippen LogP contribution in [0.25, 0.3) is 0 Å². The molecule has 0 saturated heterocycles. The topological polar surface area (TPSA) is 50.1 Å². The van der Waals surface area contributed by atoms with E-state index in [9.17, 15) is 30.7 Å². The Labute approximate surface area is 226 Å². The van der Waals surface area contributed by atoms with Crippen LogP contribution in [-0.2, 0) is 32.6 Å². The number of aryl methyl sites for hydroxylation is 2. The summed E-state index contributed by atoms with van der Waals surface area (Å²) in [6.45, 7) is 1.37. The smallest absolute Gasteiger partial charge is 0.371 e. The summed E-state index contributed by atoms with van der Waals surface area (Å²) in [4.78, 5) is 4.86. The van der Waals surface area contributed by atoms with E-state index in [0.717, 1.165) is 25.0 Å². The van der Waals surface area contributed by atoms with Crippen LogP contribution < -0.4 is 9.80 Å². The lowest BCUT2D eigenvalue weighted by molar-refractivity contribution is -0.138. The molecule has 13 heteroatoms. The lowest BCUT2D eigenvalue weighted by Crippen LogP contribution is -2.31. The molecular weight excluding hydrogens is 541 g/mol. The summed E-state index contributed by atoms with van der Waals surface area (Å²) in [5, 5.41) is 12.3. The summed E-state index contributed by atoms with van der Waals surface area (Å²) >= 11 is 0. The largest absolute Gasteiger partial charge is 0.416 e. The predicted octanol–water partition coefficient (Wildman–Crippen LogP) is 6.78. The van der Waals surface area contributed by atoms with Crippen molar-refractivity contribution in [2.75, 3.05) is 22.9 Å². The van der Waals surface area contributed by atoms with Crippen LogP contribution in [0, 0.1) is 12.8 Å². The molecule has 216 valence electrons. The number of nitrogens with zero attached hydrogens (tertiary/aromatic N) is 6. The van der Waals surface area contributed by atoms with E-state index in [4.69, 9.17) is 0 Å². The number of tetrazole rings is 1. The van der Waals surface area contributed by atoms with Crippen molar-refractivity contribution in [3.63, 3.8) is 0 Å². The zero-order chi connectivity index (χ0) is 28.8. The minimum absolute atomic E-state index is 0.0513. The molecule has 0 radical (unpaired) electrons. The molecule has 1 atom stereocenters. The molecule has 0 bridgehead atoms. The van der Waals surface area contributed by atoms with Gasteiger partial charge in [0.2, 0.25) is 0 Å². The van der Waals surface area contributed by atoms with E-state index in [2.05, 4.69) is 15.4 Å². The standard InChI is InChI=1S/C27H29F7N6/c1-16-8-21-23(4-3-7-39(14-17-5-6-17)24(21)12-22(16)27(32,33)34)40(25-35-37-38(2)36-25)15-19-9-18(13-28)10-20(11-19)26(29,30)31/h8-12,17,23H,3-7,13-15H2,1-2H3/t23-/m0/s1. The van der Waals surface area contributed by atoms with Gasteiger partial charge in [-0.25, -0.2) is 4.39 Å². The van der Waals surface area contributed by atoms with Crippen molar-refractivity contribution in [3.8, 4) is 0 Å². The Morgan fingerprint density at radius 2 is 1.68 bits per heavy atom. The number of anilines is 2. The van der Waals surface area contributed by atoms with Crippen molar-refractivity contribution in [2.45, 2.75) is 64.2 Å². The average molecular weight is 571 g/mol. The van der Waals surface area contributed by atoms with Gasteiger partial charge in [-0.1, -0.05) is 17.2 Å². The van der Waals surface area contributed by atoms with E-state index >= 15 is 0 Å². The van der Waals surface area contributed by atoms with E-state index in [0.29, 0.717) is 43.1 Å². The van der Waals surface area contributed by atoms with Crippen molar-refractivity contribution in [1.82, 2.24) is 20.2 Å². The number of hydrogen-bond acceptors (Lipinski definition) is 5. The first-order valence-corrected chi connectivity index (χ1v) is 13.1. The highest BCUT2D eigenvalue weighted by Gasteiger charge is 2.38. The molecule has 40 heavy (non-hydrogen) atoms. The average Bonchev–Trinajstić information content (AvgIpc) is 3.62. The number of rotatable bonds is 7. The number of fused-ring (bicyclic) bond motifs is 1. The van der Waals surface area contributed by atoms with Gasteiger partial charge in [-0.05, 0) is 84.2 Å². The van der Waals surface area contributed by atoms with Crippen LogP contribution in [0.15, 0.2) is 30.3 Å². The lowest BCUT2D eigenvalue weighted by Gasteiger charge is -2.33. The van der Waals surface area contributed by atoms with Crippen molar-refractivity contribution >= 4 is 11.6 Å². The summed E-state index contributed by atoms with van der Waals surface area (Å²) in [5.74, 6) is 0.535. The summed E-state index contributed by atoms with van der Waals surface area (Å²) in [5.41, 5.74) is -0.521. The third-order valence-electron chi connectivity index (χ3n) is 7.48. The van der Waals surface area contributed by atoms with Crippen LogP contribution in [-0.4, -0.2) is 33.3 Å². The second-order valence-corrected chi connectivity index (χ2v) is 10.6. The van der Waals surface area contributed by atoms with Crippen molar-refractivity contribution in [3.05, 3.63) is 63.7 Å². The molecule has 2 aliphatic rings. The highest BCUT2D eigenvalue weighted by molar-refractivity contribution is 5.62. The zero-order valence-corrected chi connectivity index (χ0v) is 22.0. The lowest BCUT2D eigenvalue weighted by atomic mass is 9.94. The van der Waals surface area contributed by atoms with Crippen molar-refractivity contribution < 1.29 is 30.7 Å². The van der Waals surface area contributed by atoms with Gasteiger partial charge in [0.1, 0.15) is 6.67 Å². The van der Waals surface area contributed by atoms with Gasteiger partial charge >= 0.3 is 12.4 Å². The van der Waals surface area contributed by atoms with Gasteiger partial charge < -0.3 is 9.80 Å². The van der Waals surface area contributed by atoms with Gasteiger partial charge in [-0.15, -0.1) is 5.10 Å². The van der Waals surface area contributed by atoms with Crippen molar-refractivity contribution in [1.29, 1.82) is 0 Å². The third-order valence-corrected chi connectivity index (χ3v) is 7.48. The first-order chi connectivity index (χ1) is 18.8. The molecule has 0 spiro atoms. The highest BCUT2D eigenvalue weighted by atomic mass is 19.4. The summed E-state index contributed by atoms with van der Waals surface area (Å²) in [6, 6.07) is 5.24. The molecule has 3 aromatic rings. The Balaban J connectivity index is 1.63. The quantitative estimate of drug-likeness (QED) is 0.293. The van der Waals surface area contributed by atoms with Crippen LogP contribution in [0.3, 0.4) is 0 Å². The Bertz CT molecular complexity index is 1360. The Hall–Kier alpha value is -3.38. The molecule has 1 fully saturated rings. The molecule has 5 rings (SSSR count). The summed E-state index contributed by atoms with van der Waals surface area (Å²) in [7, 11) is 1.54. The maximum Gasteiger partial charge on any atom is 0.416 e. The molecular formula is C27H29F7N6. The highest BCUT2D eigenvalue weighted by Crippen LogP contribution is 2.45. The maximum atomic E-state index is 14.0. The van der Waals surface area contributed by atoms with E-state index in [-0.39, 0.29) is 29.2 Å². The van der Waals surface area contributed by atoms with Gasteiger partial charge in [0.15, 0.2) is 0 Å². The molecule has 0 amide bonds. The molecule has 0 N–H and O–H groups in total. The van der Waals surface area contributed by atoms with Gasteiger partial charge in [-0.3, -0.25) is 0 Å². The van der Waals surface area contributed by atoms with Gasteiger partial charge in [0.25, 0.3) is 5.95 Å². The normalized spacial score (nSPS) is 18.0. The Morgan fingerprint density at radius 1 is 0.950 bits per heavy atom. The maximum absolute atomic E-state index is 14.0. The van der Waals surface area contributed by atoms with Crippen LogP contribution in [0.1, 0.15) is 65.1 Å². The number of alkyl halides is 7. The predicted molar refractivity (Wildman–Crippen MR) is 134 cm³/mol. The Kier molecular flexibility index (Phi) is 7.43. The molecule has 6 nitrogen and oxygen atoms in total. The third kappa shape index (κ3) is 6.02. The van der Waals surface area contributed by atoms with Gasteiger partial charge in [0.05, 0.1) is 24.2 Å². The number of hydrogen-bond donors (Lipinski definition) is 0. The molecule has 1 saturated carbocycles. The van der Waals surface area contributed by atoms with Gasteiger partial charge in [0, 0.05) is 25.3 Å². The van der Waals surface area contributed by atoms with E-state index in [1.54, 1.807) is 11.9 Å². The molecule has 2 aromatic carbocycles. The minimum atomic E-state index is -4.68. The van der Waals surface area contributed by atoms with E-state index < -0.39 is 36.2 Å². The first kappa shape index (κ1) is 28.2. The molecule has 1 aromatic heterocycles. The fourth-order valence-corrected chi connectivity index (χ4v) is 5.44. The fourth-order valence-electron chi connectivity index (χ4n) is 5.44. The second-order valence-electron chi connectivity index (χ2n) is 10.6. The molecule has 1 aliphatic carbocycles. The number of aromatic nitrogens is 4.